The van der Waals surface area contributed by atoms with Gasteiger partial charge in [0.25, 0.3) is 0 Å². The minimum absolute atomic E-state index is 1.00. The van der Waals surface area contributed by atoms with E-state index < -0.39 is 0 Å². The Kier molecular flexibility index (Phi) is 3.46. The van der Waals surface area contributed by atoms with E-state index in [0.717, 1.165) is 22.8 Å². The molecule has 2 N–H and O–H groups in total. The fourth-order valence-electron chi connectivity index (χ4n) is 1.95. The number of hydrogen-bond acceptors (Lipinski definition) is 2. The second-order valence-corrected chi connectivity index (χ2v) is 4.59. The summed E-state index contributed by atoms with van der Waals surface area (Å²) in [6, 6.07) is 4.17. The molecule has 0 atom stereocenters. The van der Waals surface area contributed by atoms with Crippen LogP contribution in [0.5, 0.6) is 0 Å². The predicted molar refractivity (Wildman–Crippen MR) is 75.7 cm³/mol. The van der Waals surface area contributed by atoms with E-state index in [1.54, 1.807) is 12.4 Å². The molecule has 0 aromatic carbocycles. The first-order valence-electron chi connectivity index (χ1n) is 5.95. The molecule has 0 bridgehead atoms. The third-order valence-electron chi connectivity index (χ3n) is 2.82. The van der Waals surface area contributed by atoms with Gasteiger partial charge in [0.2, 0.25) is 0 Å². The van der Waals surface area contributed by atoms with Gasteiger partial charge in [0.15, 0.2) is 0 Å². The Morgan fingerprint density at radius 1 is 0.778 bits per heavy atom. The molecule has 18 heavy (non-hydrogen) atoms. The highest BCUT2D eigenvalue weighted by Gasteiger charge is 1.98. The van der Waals surface area contributed by atoms with Crippen molar-refractivity contribution in [2.45, 2.75) is 27.7 Å². The monoisotopic (exact) mass is 242 g/mol. The van der Waals surface area contributed by atoms with Gasteiger partial charge < -0.3 is 9.97 Å². The first-order valence-corrected chi connectivity index (χ1v) is 5.95. The van der Waals surface area contributed by atoms with Crippen LogP contribution in [0.3, 0.4) is 0 Å². The molecule has 0 saturated carbocycles. The number of rotatable bonds is 3. The number of H-pyrrole nitrogens is 2. The van der Waals surface area contributed by atoms with Gasteiger partial charge in [-0.1, -0.05) is 0 Å². The summed E-state index contributed by atoms with van der Waals surface area (Å²) in [4.78, 5) is 6.45. The van der Waals surface area contributed by atoms with Crippen LogP contribution in [0.25, 0.3) is 0 Å². The Morgan fingerprint density at radius 2 is 1.17 bits per heavy atom. The number of nitrogens with one attached hydrogen (secondary N) is 2. The number of hydrogen-bond donors (Lipinski definition) is 2. The van der Waals surface area contributed by atoms with Gasteiger partial charge in [0, 0.05) is 11.4 Å². The number of aryl methyl sites for hydroxylation is 4. The highest BCUT2D eigenvalue weighted by atomic mass is 15.2. The molecule has 94 valence electrons. The summed E-state index contributed by atoms with van der Waals surface area (Å²) in [6.07, 6.45) is 3.48. The van der Waals surface area contributed by atoms with Crippen molar-refractivity contribution in [3.8, 4) is 0 Å². The highest BCUT2D eigenvalue weighted by molar-refractivity contribution is 5.82. The maximum atomic E-state index is 4.05. The molecule has 0 aliphatic heterocycles. The average Bonchev–Trinajstić information content (AvgIpc) is 2.77. The van der Waals surface area contributed by atoms with Crippen molar-refractivity contribution in [3.05, 3.63) is 46.0 Å². The van der Waals surface area contributed by atoms with Gasteiger partial charge in [-0.05, 0) is 51.0 Å². The van der Waals surface area contributed by atoms with Gasteiger partial charge in [-0.3, -0.25) is 0 Å². The maximum Gasteiger partial charge on any atom is 0.0733 e. The minimum atomic E-state index is 1.00. The summed E-state index contributed by atoms with van der Waals surface area (Å²) in [5, 5.41) is 8.11. The molecule has 0 unspecified atom stereocenters. The van der Waals surface area contributed by atoms with E-state index in [-0.39, 0.29) is 0 Å². The molecular formula is C14H18N4. The smallest absolute Gasteiger partial charge is 0.0733 e. The molecule has 0 aliphatic rings. The predicted octanol–water partition coefficient (Wildman–Crippen LogP) is 3.03. The Bertz CT molecular complexity index is 545. The van der Waals surface area contributed by atoms with Gasteiger partial charge in [-0.25, -0.2) is 0 Å². The van der Waals surface area contributed by atoms with Crippen molar-refractivity contribution in [1.82, 2.24) is 9.97 Å². The van der Waals surface area contributed by atoms with Gasteiger partial charge in [0.05, 0.1) is 23.8 Å². The number of nitrogens with zero attached hydrogens (tertiary/aromatic N) is 2. The highest BCUT2D eigenvalue weighted by Crippen LogP contribution is 2.07. The van der Waals surface area contributed by atoms with E-state index in [2.05, 4.69) is 32.3 Å². The zero-order chi connectivity index (χ0) is 13.1. The lowest BCUT2D eigenvalue weighted by molar-refractivity contribution is 1.20. The summed E-state index contributed by atoms with van der Waals surface area (Å²) >= 11 is 0. The Morgan fingerprint density at radius 3 is 1.44 bits per heavy atom. The van der Waals surface area contributed by atoms with Crippen LogP contribution in [0.4, 0.5) is 0 Å². The first kappa shape index (κ1) is 12.4. The molecule has 0 aliphatic carbocycles. The van der Waals surface area contributed by atoms with E-state index in [0.29, 0.717) is 0 Å². The summed E-state index contributed by atoms with van der Waals surface area (Å²) in [5.74, 6) is 0. The second kappa shape index (κ2) is 5.04. The Labute approximate surface area is 107 Å². The van der Waals surface area contributed by atoms with Crippen molar-refractivity contribution < 1.29 is 0 Å². The second-order valence-electron chi connectivity index (χ2n) is 4.59. The fourth-order valence-corrected chi connectivity index (χ4v) is 1.95. The molecule has 2 heterocycles. The van der Waals surface area contributed by atoms with E-state index in [1.165, 1.54) is 11.1 Å². The van der Waals surface area contributed by atoms with Crippen LogP contribution in [0.1, 0.15) is 33.9 Å². The van der Waals surface area contributed by atoms with Crippen molar-refractivity contribution in [2.24, 2.45) is 10.2 Å². The van der Waals surface area contributed by atoms with Crippen molar-refractivity contribution in [3.63, 3.8) is 0 Å². The van der Waals surface area contributed by atoms with E-state index in [9.17, 15) is 0 Å². The SMILES string of the molecule is Cc1cc(C)c(C=NN=Cc2[nH]c(C)cc2C)[nH]1. The average molecular weight is 242 g/mol. The zero-order valence-electron chi connectivity index (χ0n) is 11.2. The van der Waals surface area contributed by atoms with Gasteiger partial charge >= 0.3 is 0 Å². The first-order chi connectivity index (χ1) is 8.56. The lowest BCUT2D eigenvalue weighted by Gasteiger charge is -1.89. The van der Waals surface area contributed by atoms with Crippen LogP contribution in [-0.2, 0) is 0 Å². The molecule has 0 amide bonds. The molecule has 2 aromatic rings. The zero-order valence-corrected chi connectivity index (χ0v) is 11.2. The molecule has 2 rings (SSSR count). The topological polar surface area (TPSA) is 56.3 Å². The van der Waals surface area contributed by atoms with E-state index in [4.69, 9.17) is 0 Å². The normalized spacial score (nSPS) is 12.0. The lowest BCUT2D eigenvalue weighted by atomic mass is 10.3. The van der Waals surface area contributed by atoms with Crippen LogP contribution in [0.2, 0.25) is 0 Å². The maximum absolute atomic E-state index is 4.05. The summed E-state index contributed by atoms with van der Waals surface area (Å²) in [7, 11) is 0. The van der Waals surface area contributed by atoms with Crippen molar-refractivity contribution in [1.29, 1.82) is 0 Å². The molecule has 0 fully saturated rings. The third-order valence-corrected chi connectivity index (χ3v) is 2.82. The van der Waals surface area contributed by atoms with Crippen molar-refractivity contribution in [2.75, 3.05) is 0 Å². The molecule has 4 nitrogen and oxygen atoms in total. The molecule has 0 radical (unpaired) electrons. The molecule has 0 saturated heterocycles. The van der Waals surface area contributed by atoms with E-state index >= 15 is 0 Å². The summed E-state index contributed by atoms with van der Waals surface area (Å²) in [5.41, 5.74) is 6.63. The summed E-state index contributed by atoms with van der Waals surface area (Å²) < 4.78 is 0. The fraction of sp³-hybridized carbons (Fsp3) is 0.286. The van der Waals surface area contributed by atoms with Crippen LogP contribution in [0.15, 0.2) is 22.3 Å². The van der Waals surface area contributed by atoms with Crippen molar-refractivity contribution >= 4 is 12.4 Å². The summed E-state index contributed by atoms with van der Waals surface area (Å²) in [6.45, 7) is 8.15. The van der Waals surface area contributed by atoms with Crippen LogP contribution >= 0.6 is 0 Å². The Balaban J connectivity index is 2.07. The van der Waals surface area contributed by atoms with E-state index in [1.807, 2.05) is 27.7 Å². The van der Waals surface area contributed by atoms with Gasteiger partial charge in [-0.2, -0.15) is 10.2 Å². The molecular weight excluding hydrogens is 224 g/mol. The number of aromatic nitrogens is 2. The van der Waals surface area contributed by atoms with Crippen LogP contribution in [0, 0.1) is 27.7 Å². The quantitative estimate of drug-likeness (QED) is 0.614. The lowest BCUT2D eigenvalue weighted by Crippen LogP contribution is -1.86. The Hall–Kier alpha value is -2.10. The van der Waals surface area contributed by atoms with Crippen LogP contribution < -0.4 is 0 Å². The molecule has 0 spiro atoms. The molecule has 2 aromatic heterocycles. The molecule has 4 heteroatoms. The van der Waals surface area contributed by atoms with Gasteiger partial charge in [-0.15, -0.1) is 0 Å². The van der Waals surface area contributed by atoms with Gasteiger partial charge in [0.1, 0.15) is 0 Å². The standard InChI is InChI=1S/C14H18N4/c1-9-5-11(3)17-13(9)7-15-16-8-14-10(2)6-12(4)18-14/h5-8,17-18H,1-4H3. The van der Waals surface area contributed by atoms with Crippen LogP contribution in [-0.4, -0.2) is 22.4 Å². The third kappa shape index (κ3) is 2.77. The largest absolute Gasteiger partial charge is 0.358 e. The number of aromatic amines is 2. The minimum Gasteiger partial charge on any atom is -0.358 e.